The number of rotatable bonds is 0. The van der Waals surface area contributed by atoms with E-state index in [0.29, 0.717) is 18.8 Å². The Kier molecular flexibility index (Phi) is 2.04. The molecule has 0 radical (unpaired) electrons. The summed E-state index contributed by atoms with van der Waals surface area (Å²) < 4.78 is 24.9. The average Bonchev–Trinajstić information content (AvgIpc) is 2.61. The fourth-order valence-electron chi connectivity index (χ4n) is 2.42. The summed E-state index contributed by atoms with van der Waals surface area (Å²) >= 11 is 0. The van der Waals surface area contributed by atoms with Gasteiger partial charge >= 0.3 is 0 Å². The minimum absolute atomic E-state index is 0.182. The first-order chi connectivity index (χ1) is 7.32. The Morgan fingerprint density at radius 3 is 2.93 bits per heavy atom. The molecule has 80 valence electrons. The molecule has 0 aliphatic carbocycles. The smallest absolute Gasteiger partial charge is 0.195 e. The van der Waals surface area contributed by atoms with E-state index >= 15 is 0 Å². The highest BCUT2D eigenvalue weighted by Crippen LogP contribution is 2.44. The molecule has 2 heterocycles. The lowest BCUT2D eigenvalue weighted by Crippen LogP contribution is -2.32. The molecular weight excluding hydrogens is 195 g/mol. The van der Waals surface area contributed by atoms with Crippen LogP contribution in [0.1, 0.15) is 30.4 Å². The van der Waals surface area contributed by atoms with Crippen LogP contribution >= 0.6 is 0 Å². The van der Waals surface area contributed by atoms with Gasteiger partial charge < -0.3 is 9.47 Å². The molecular formula is C12H13FO2. The van der Waals surface area contributed by atoms with Crippen molar-refractivity contribution in [3.05, 3.63) is 35.1 Å². The van der Waals surface area contributed by atoms with Gasteiger partial charge in [0.25, 0.3) is 0 Å². The van der Waals surface area contributed by atoms with Gasteiger partial charge in [-0.3, -0.25) is 0 Å². The molecule has 3 rings (SSSR count). The number of hydrogen-bond acceptors (Lipinski definition) is 2. The van der Waals surface area contributed by atoms with Gasteiger partial charge in [-0.2, -0.15) is 0 Å². The molecule has 2 aliphatic rings. The Labute approximate surface area is 88.0 Å². The molecule has 1 aromatic carbocycles. The van der Waals surface area contributed by atoms with Crippen molar-refractivity contribution in [2.75, 3.05) is 6.61 Å². The summed E-state index contributed by atoms with van der Waals surface area (Å²) in [6, 6.07) is 5.11. The minimum atomic E-state index is -0.643. The first-order valence-electron chi connectivity index (χ1n) is 5.38. The van der Waals surface area contributed by atoms with Crippen LogP contribution in [0.4, 0.5) is 4.39 Å². The topological polar surface area (TPSA) is 18.5 Å². The third kappa shape index (κ3) is 1.30. The fraction of sp³-hybridized carbons (Fsp3) is 0.500. The standard InChI is InChI=1S/C12H13FO2/c13-11-5-3-4-10-9(11)8-15-12(10)6-1-2-7-14-12/h3-5H,1-2,6-8H2. The van der Waals surface area contributed by atoms with Gasteiger partial charge in [0, 0.05) is 17.5 Å². The molecule has 1 atom stereocenters. The summed E-state index contributed by atoms with van der Waals surface area (Å²) in [5, 5.41) is 0. The first kappa shape index (κ1) is 9.31. The molecule has 0 bridgehead atoms. The predicted octanol–water partition coefficient (Wildman–Crippen LogP) is 2.71. The molecule has 3 heteroatoms. The Morgan fingerprint density at radius 2 is 2.13 bits per heavy atom. The molecule has 0 saturated carbocycles. The molecule has 1 aromatic rings. The lowest BCUT2D eigenvalue weighted by atomic mass is 9.95. The van der Waals surface area contributed by atoms with Gasteiger partial charge in [-0.25, -0.2) is 4.39 Å². The third-order valence-corrected chi connectivity index (χ3v) is 3.21. The van der Waals surface area contributed by atoms with Gasteiger partial charge in [-0.05, 0) is 18.9 Å². The zero-order valence-electron chi connectivity index (χ0n) is 8.46. The van der Waals surface area contributed by atoms with E-state index in [1.54, 1.807) is 6.07 Å². The summed E-state index contributed by atoms with van der Waals surface area (Å²) in [5.74, 6) is -0.825. The second-order valence-electron chi connectivity index (χ2n) is 4.11. The van der Waals surface area contributed by atoms with Crippen molar-refractivity contribution < 1.29 is 13.9 Å². The molecule has 2 aliphatic heterocycles. The summed E-state index contributed by atoms with van der Waals surface area (Å²) in [7, 11) is 0. The monoisotopic (exact) mass is 208 g/mol. The Balaban J connectivity index is 2.06. The summed E-state index contributed by atoms with van der Waals surface area (Å²) in [5.41, 5.74) is 1.56. The van der Waals surface area contributed by atoms with Gasteiger partial charge in [0.2, 0.25) is 0 Å². The van der Waals surface area contributed by atoms with Crippen molar-refractivity contribution in [1.82, 2.24) is 0 Å². The SMILES string of the molecule is Fc1cccc2c1COC21CCCCO1. The Morgan fingerprint density at radius 1 is 1.20 bits per heavy atom. The van der Waals surface area contributed by atoms with E-state index in [-0.39, 0.29) is 5.82 Å². The van der Waals surface area contributed by atoms with Crippen LogP contribution in [0.25, 0.3) is 0 Å². The van der Waals surface area contributed by atoms with E-state index in [1.807, 2.05) is 6.07 Å². The van der Waals surface area contributed by atoms with Crippen molar-refractivity contribution >= 4 is 0 Å². The van der Waals surface area contributed by atoms with E-state index in [0.717, 1.165) is 24.8 Å². The average molecular weight is 208 g/mol. The van der Waals surface area contributed by atoms with Crippen LogP contribution < -0.4 is 0 Å². The van der Waals surface area contributed by atoms with Gasteiger partial charge in [0.15, 0.2) is 5.79 Å². The highest BCUT2D eigenvalue weighted by molar-refractivity contribution is 5.35. The second-order valence-corrected chi connectivity index (χ2v) is 4.11. The van der Waals surface area contributed by atoms with Crippen LogP contribution in [-0.4, -0.2) is 6.61 Å². The largest absolute Gasteiger partial charge is 0.346 e. The van der Waals surface area contributed by atoms with Gasteiger partial charge in [-0.15, -0.1) is 0 Å². The van der Waals surface area contributed by atoms with Crippen LogP contribution in [0.15, 0.2) is 18.2 Å². The van der Waals surface area contributed by atoms with E-state index in [2.05, 4.69) is 0 Å². The maximum Gasteiger partial charge on any atom is 0.195 e. The van der Waals surface area contributed by atoms with Crippen molar-refractivity contribution in [2.24, 2.45) is 0 Å². The van der Waals surface area contributed by atoms with E-state index in [1.165, 1.54) is 6.07 Å². The van der Waals surface area contributed by atoms with Crippen LogP contribution in [0, 0.1) is 5.82 Å². The fourth-order valence-corrected chi connectivity index (χ4v) is 2.42. The number of hydrogen-bond donors (Lipinski definition) is 0. The van der Waals surface area contributed by atoms with E-state index in [9.17, 15) is 4.39 Å². The summed E-state index contributed by atoms with van der Waals surface area (Å²) in [6.45, 7) is 1.04. The molecule has 1 fully saturated rings. The van der Waals surface area contributed by atoms with Crippen LogP contribution in [0.3, 0.4) is 0 Å². The van der Waals surface area contributed by atoms with Crippen LogP contribution in [0.5, 0.6) is 0 Å². The summed E-state index contributed by atoms with van der Waals surface area (Å²) in [6.07, 6.45) is 2.98. The highest BCUT2D eigenvalue weighted by Gasteiger charge is 2.43. The molecule has 0 N–H and O–H groups in total. The number of fused-ring (bicyclic) bond motifs is 2. The van der Waals surface area contributed by atoms with Gasteiger partial charge in [0.1, 0.15) is 5.82 Å². The first-order valence-corrected chi connectivity index (χ1v) is 5.38. The van der Waals surface area contributed by atoms with Gasteiger partial charge in [-0.1, -0.05) is 12.1 Å². The van der Waals surface area contributed by atoms with Crippen LogP contribution in [0.2, 0.25) is 0 Å². The quantitative estimate of drug-likeness (QED) is 0.652. The number of ether oxygens (including phenoxy) is 2. The lowest BCUT2D eigenvalue weighted by Gasteiger charge is -2.33. The van der Waals surface area contributed by atoms with Crippen molar-refractivity contribution in [2.45, 2.75) is 31.7 Å². The maximum absolute atomic E-state index is 13.5. The lowest BCUT2D eigenvalue weighted by molar-refractivity contribution is -0.257. The van der Waals surface area contributed by atoms with Crippen molar-refractivity contribution in [1.29, 1.82) is 0 Å². The normalized spacial score (nSPS) is 29.4. The molecule has 15 heavy (non-hydrogen) atoms. The van der Waals surface area contributed by atoms with E-state index in [4.69, 9.17) is 9.47 Å². The number of benzene rings is 1. The zero-order valence-corrected chi connectivity index (χ0v) is 8.46. The van der Waals surface area contributed by atoms with Crippen molar-refractivity contribution in [3.8, 4) is 0 Å². The minimum Gasteiger partial charge on any atom is -0.346 e. The Bertz CT molecular complexity index is 383. The molecule has 2 nitrogen and oxygen atoms in total. The summed E-state index contributed by atoms with van der Waals surface area (Å²) in [4.78, 5) is 0. The van der Waals surface area contributed by atoms with Crippen molar-refractivity contribution in [3.63, 3.8) is 0 Å². The molecule has 0 amide bonds. The molecule has 1 unspecified atom stereocenters. The predicted molar refractivity (Wildman–Crippen MR) is 52.7 cm³/mol. The molecule has 1 saturated heterocycles. The Hall–Kier alpha value is -0.930. The highest BCUT2D eigenvalue weighted by atomic mass is 19.1. The molecule has 0 aromatic heterocycles. The molecule has 1 spiro atoms. The second kappa shape index (κ2) is 3.29. The third-order valence-electron chi connectivity index (χ3n) is 3.21. The number of halogens is 1. The van der Waals surface area contributed by atoms with Crippen LogP contribution in [-0.2, 0) is 21.9 Å². The maximum atomic E-state index is 13.5. The van der Waals surface area contributed by atoms with Gasteiger partial charge in [0.05, 0.1) is 13.2 Å². The van der Waals surface area contributed by atoms with E-state index < -0.39 is 5.79 Å². The zero-order chi connectivity index (χ0) is 10.3.